The maximum Gasteiger partial charge on any atom is 0.146 e. The Morgan fingerprint density at radius 2 is 2.00 bits per heavy atom. The summed E-state index contributed by atoms with van der Waals surface area (Å²) >= 11 is 0. The quantitative estimate of drug-likeness (QED) is 0.676. The van der Waals surface area contributed by atoms with Gasteiger partial charge in [0.2, 0.25) is 0 Å². The van der Waals surface area contributed by atoms with E-state index in [4.69, 9.17) is 11.0 Å². The highest BCUT2D eigenvalue weighted by atomic mass is 19.1. The molecule has 0 aliphatic rings. The van der Waals surface area contributed by atoms with E-state index >= 15 is 0 Å². The van der Waals surface area contributed by atoms with Crippen LogP contribution in [0.4, 0.5) is 14.5 Å². The fourth-order valence-corrected chi connectivity index (χ4v) is 0.979. The molecular weight excluding hydrogens is 174 g/mol. The average Bonchev–Trinajstić information content (AvgIpc) is 2.10. The number of nitrogens with zero attached hydrogens (tertiary/aromatic N) is 1. The maximum absolute atomic E-state index is 13.1. The second-order valence-electron chi connectivity index (χ2n) is 2.75. The lowest BCUT2D eigenvalue weighted by molar-refractivity contribution is 0.585. The summed E-state index contributed by atoms with van der Waals surface area (Å²) in [7, 11) is 0. The number of hydrogen-bond donors (Lipinski definition) is 1. The molecule has 2 nitrogen and oxygen atoms in total. The Kier molecular flexibility index (Phi) is 2.47. The third-order valence-corrected chi connectivity index (χ3v) is 1.78. The molecule has 68 valence electrons. The van der Waals surface area contributed by atoms with Crippen LogP contribution in [-0.2, 0) is 0 Å². The Balaban J connectivity index is 3.25. The zero-order valence-corrected chi connectivity index (χ0v) is 7.01. The van der Waals surface area contributed by atoms with Crippen molar-refractivity contribution in [1.82, 2.24) is 0 Å². The van der Waals surface area contributed by atoms with E-state index in [9.17, 15) is 8.78 Å². The Labute approximate surface area is 74.6 Å². The van der Waals surface area contributed by atoms with Crippen LogP contribution in [0.25, 0.3) is 0 Å². The summed E-state index contributed by atoms with van der Waals surface area (Å²) in [6.07, 6.45) is 0. The van der Waals surface area contributed by atoms with E-state index in [0.717, 1.165) is 12.1 Å². The van der Waals surface area contributed by atoms with E-state index < -0.39 is 17.6 Å². The van der Waals surface area contributed by atoms with Crippen molar-refractivity contribution in [2.75, 3.05) is 5.73 Å². The molecule has 0 radical (unpaired) electrons. The highest BCUT2D eigenvalue weighted by Gasteiger charge is 2.13. The van der Waals surface area contributed by atoms with Crippen LogP contribution < -0.4 is 5.73 Å². The largest absolute Gasteiger partial charge is 0.396 e. The lowest BCUT2D eigenvalue weighted by Gasteiger charge is -2.06. The summed E-state index contributed by atoms with van der Waals surface area (Å²) in [5.41, 5.74) is 4.93. The number of halogens is 2. The SMILES string of the molecule is CC(C#N)c1cc(F)c(N)cc1F. The van der Waals surface area contributed by atoms with Crippen molar-refractivity contribution in [3.8, 4) is 6.07 Å². The summed E-state index contributed by atoms with van der Waals surface area (Å²) in [4.78, 5) is 0. The molecule has 1 aromatic rings. The van der Waals surface area contributed by atoms with Crippen molar-refractivity contribution in [2.24, 2.45) is 0 Å². The number of benzene rings is 1. The van der Waals surface area contributed by atoms with Gasteiger partial charge < -0.3 is 5.73 Å². The van der Waals surface area contributed by atoms with Crippen LogP contribution in [0.1, 0.15) is 18.4 Å². The van der Waals surface area contributed by atoms with Gasteiger partial charge in [0, 0.05) is 11.6 Å². The zero-order valence-electron chi connectivity index (χ0n) is 7.01. The number of anilines is 1. The van der Waals surface area contributed by atoms with Crippen LogP contribution in [0, 0.1) is 23.0 Å². The summed E-state index contributed by atoms with van der Waals surface area (Å²) in [5, 5.41) is 8.50. The molecule has 0 heterocycles. The van der Waals surface area contributed by atoms with Gasteiger partial charge in [-0.05, 0) is 13.0 Å². The zero-order chi connectivity index (χ0) is 10.0. The van der Waals surface area contributed by atoms with E-state index in [1.54, 1.807) is 0 Å². The van der Waals surface area contributed by atoms with Crippen molar-refractivity contribution >= 4 is 5.69 Å². The van der Waals surface area contributed by atoms with Crippen LogP contribution in [0.15, 0.2) is 12.1 Å². The van der Waals surface area contributed by atoms with Gasteiger partial charge in [-0.3, -0.25) is 0 Å². The predicted octanol–water partition coefficient (Wildman–Crippen LogP) is 2.17. The maximum atomic E-state index is 13.1. The highest BCUT2D eigenvalue weighted by Crippen LogP contribution is 2.22. The monoisotopic (exact) mass is 182 g/mol. The van der Waals surface area contributed by atoms with Crippen molar-refractivity contribution in [3.05, 3.63) is 29.3 Å². The molecule has 4 heteroatoms. The molecule has 1 atom stereocenters. The van der Waals surface area contributed by atoms with Crippen LogP contribution in [-0.4, -0.2) is 0 Å². The number of nitrogens with two attached hydrogens (primary N) is 1. The topological polar surface area (TPSA) is 49.8 Å². The second-order valence-corrected chi connectivity index (χ2v) is 2.75. The van der Waals surface area contributed by atoms with Gasteiger partial charge in [-0.2, -0.15) is 5.26 Å². The smallest absolute Gasteiger partial charge is 0.146 e. The van der Waals surface area contributed by atoms with Crippen molar-refractivity contribution in [1.29, 1.82) is 5.26 Å². The fraction of sp³-hybridized carbons (Fsp3) is 0.222. The molecule has 0 spiro atoms. The van der Waals surface area contributed by atoms with Crippen LogP contribution in [0.3, 0.4) is 0 Å². The molecule has 0 fully saturated rings. The van der Waals surface area contributed by atoms with Gasteiger partial charge in [0.15, 0.2) is 0 Å². The van der Waals surface area contributed by atoms with Crippen molar-refractivity contribution in [3.63, 3.8) is 0 Å². The predicted molar refractivity (Wildman–Crippen MR) is 44.8 cm³/mol. The molecule has 0 amide bonds. The first-order chi connectivity index (χ1) is 6.06. The second kappa shape index (κ2) is 3.40. The molecule has 0 saturated heterocycles. The lowest BCUT2D eigenvalue weighted by Crippen LogP contribution is -1.99. The van der Waals surface area contributed by atoms with E-state index in [-0.39, 0.29) is 11.3 Å². The van der Waals surface area contributed by atoms with Gasteiger partial charge in [-0.1, -0.05) is 0 Å². The number of hydrogen-bond acceptors (Lipinski definition) is 2. The van der Waals surface area contributed by atoms with E-state index in [0.29, 0.717) is 0 Å². The molecule has 0 aromatic heterocycles. The van der Waals surface area contributed by atoms with Crippen LogP contribution in [0.5, 0.6) is 0 Å². The van der Waals surface area contributed by atoms with Gasteiger partial charge >= 0.3 is 0 Å². The van der Waals surface area contributed by atoms with Gasteiger partial charge in [0.05, 0.1) is 17.7 Å². The minimum Gasteiger partial charge on any atom is -0.396 e. The van der Waals surface area contributed by atoms with Gasteiger partial charge in [-0.25, -0.2) is 8.78 Å². The Morgan fingerprint density at radius 3 is 2.54 bits per heavy atom. The molecule has 13 heavy (non-hydrogen) atoms. The summed E-state index contributed by atoms with van der Waals surface area (Å²) in [6, 6.07) is 3.67. The molecule has 0 bridgehead atoms. The molecule has 1 aromatic carbocycles. The van der Waals surface area contributed by atoms with Crippen molar-refractivity contribution in [2.45, 2.75) is 12.8 Å². The molecular formula is C9H8F2N2. The van der Waals surface area contributed by atoms with Gasteiger partial charge in [0.1, 0.15) is 11.6 Å². The lowest BCUT2D eigenvalue weighted by atomic mass is 10.0. The van der Waals surface area contributed by atoms with Crippen LogP contribution in [0.2, 0.25) is 0 Å². The Morgan fingerprint density at radius 1 is 1.38 bits per heavy atom. The number of rotatable bonds is 1. The summed E-state index contributed by atoms with van der Waals surface area (Å²) in [5.74, 6) is -2.01. The number of nitrogen functional groups attached to an aromatic ring is 1. The number of nitriles is 1. The molecule has 2 N–H and O–H groups in total. The third-order valence-electron chi connectivity index (χ3n) is 1.78. The molecule has 1 unspecified atom stereocenters. The first-order valence-corrected chi connectivity index (χ1v) is 3.70. The van der Waals surface area contributed by atoms with E-state index in [2.05, 4.69) is 0 Å². The normalized spacial score (nSPS) is 12.2. The molecule has 0 saturated carbocycles. The van der Waals surface area contributed by atoms with Gasteiger partial charge in [0.25, 0.3) is 0 Å². The first kappa shape index (κ1) is 9.46. The first-order valence-electron chi connectivity index (χ1n) is 3.70. The Hall–Kier alpha value is -1.63. The van der Waals surface area contributed by atoms with Gasteiger partial charge in [-0.15, -0.1) is 0 Å². The minimum absolute atomic E-state index is 0.0363. The Bertz CT molecular complexity index is 369. The highest BCUT2D eigenvalue weighted by molar-refractivity contribution is 5.43. The van der Waals surface area contributed by atoms with Crippen molar-refractivity contribution < 1.29 is 8.78 Å². The van der Waals surface area contributed by atoms with E-state index in [1.165, 1.54) is 6.92 Å². The molecule has 1 rings (SSSR count). The summed E-state index contributed by atoms with van der Waals surface area (Å²) < 4.78 is 25.9. The summed E-state index contributed by atoms with van der Waals surface area (Å²) in [6.45, 7) is 1.49. The molecule has 0 aliphatic carbocycles. The fourth-order valence-electron chi connectivity index (χ4n) is 0.979. The standard InChI is InChI=1S/C9H8F2N2/c1-5(4-12)6-2-8(11)9(13)3-7(6)10/h2-3,5H,13H2,1H3. The third kappa shape index (κ3) is 1.75. The minimum atomic E-state index is -0.696. The molecule has 0 aliphatic heterocycles. The average molecular weight is 182 g/mol. The van der Waals surface area contributed by atoms with E-state index in [1.807, 2.05) is 6.07 Å². The van der Waals surface area contributed by atoms with Crippen LogP contribution >= 0.6 is 0 Å².